The van der Waals surface area contributed by atoms with E-state index >= 15 is 0 Å². The van der Waals surface area contributed by atoms with Gasteiger partial charge >= 0.3 is 0 Å². The van der Waals surface area contributed by atoms with Gasteiger partial charge in [-0.3, -0.25) is 9.67 Å². The Kier molecular flexibility index (Phi) is 6.17. The molecule has 0 aliphatic carbocycles. The molecule has 0 aliphatic heterocycles. The van der Waals surface area contributed by atoms with E-state index in [4.69, 9.17) is 0 Å². The smallest absolute Gasteiger partial charge is 0.191 e. The average molecular weight is 314 g/mol. The fraction of sp³-hybridized carbons (Fsp3) is 0.412. The minimum Gasteiger partial charge on any atom is -0.352 e. The lowest BCUT2D eigenvalue weighted by atomic mass is 10.1. The molecule has 2 N–H and O–H groups in total. The number of aryl methyl sites for hydroxylation is 1. The Balaban J connectivity index is 1.82. The number of hydrogen-bond donors (Lipinski definition) is 2. The van der Waals surface area contributed by atoms with Crippen LogP contribution in [0.25, 0.3) is 0 Å². The molecule has 0 atom stereocenters. The normalized spacial score (nSPS) is 11.8. The zero-order valence-electron chi connectivity index (χ0n) is 14.4. The van der Waals surface area contributed by atoms with Crippen LogP contribution in [0.4, 0.5) is 0 Å². The average Bonchev–Trinajstić information content (AvgIpc) is 2.94. The second-order valence-electron chi connectivity index (χ2n) is 5.78. The Labute approximate surface area is 138 Å². The molecule has 0 saturated carbocycles. The van der Waals surface area contributed by atoms with Crippen molar-refractivity contribution < 1.29 is 0 Å². The van der Waals surface area contributed by atoms with Crippen LogP contribution in [0, 0.1) is 0 Å². The van der Waals surface area contributed by atoms with Gasteiger partial charge in [0, 0.05) is 33.4 Å². The summed E-state index contributed by atoms with van der Waals surface area (Å²) in [5, 5.41) is 10.8. The van der Waals surface area contributed by atoms with Crippen LogP contribution in [-0.2, 0) is 26.7 Å². The van der Waals surface area contributed by atoms with E-state index in [1.54, 1.807) is 13.2 Å². The Morgan fingerprint density at radius 1 is 1.09 bits per heavy atom. The van der Waals surface area contributed by atoms with Crippen molar-refractivity contribution in [3.05, 3.63) is 53.3 Å². The Hall–Kier alpha value is -2.34. The van der Waals surface area contributed by atoms with Gasteiger partial charge in [0.05, 0.1) is 12.2 Å². The first-order chi connectivity index (χ1) is 11.1. The summed E-state index contributed by atoms with van der Waals surface area (Å²) in [7, 11) is 7.86. The maximum absolute atomic E-state index is 4.25. The number of benzene rings is 1. The lowest BCUT2D eigenvalue weighted by molar-refractivity contribution is 0.402. The molecule has 0 fully saturated rings. The van der Waals surface area contributed by atoms with Crippen molar-refractivity contribution in [3.63, 3.8) is 0 Å². The van der Waals surface area contributed by atoms with Crippen LogP contribution >= 0.6 is 0 Å². The van der Waals surface area contributed by atoms with Crippen molar-refractivity contribution in [1.29, 1.82) is 0 Å². The van der Waals surface area contributed by atoms with Crippen LogP contribution in [0.5, 0.6) is 0 Å². The standard InChI is InChI=1S/C17H26N6/c1-18-17(20-12-16-9-10-21-23(16)4)19-11-14-5-7-15(8-6-14)13-22(2)3/h5-10H,11-13H2,1-4H3,(H2,18,19,20). The zero-order chi connectivity index (χ0) is 16.7. The summed E-state index contributed by atoms with van der Waals surface area (Å²) in [5.74, 6) is 0.781. The zero-order valence-corrected chi connectivity index (χ0v) is 14.4. The molecule has 124 valence electrons. The molecule has 0 bridgehead atoms. The third kappa shape index (κ3) is 5.41. The molecule has 1 aromatic heterocycles. The molecular weight excluding hydrogens is 288 g/mol. The van der Waals surface area contributed by atoms with Gasteiger partial charge in [0.1, 0.15) is 0 Å². The topological polar surface area (TPSA) is 57.5 Å². The highest BCUT2D eigenvalue weighted by Gasteiger charge is 2.02. The number of aromatic nitrogens is 2. The molecule has 0 aliphatic rings. The van der Waals surface area contributed by atoms with Gasteiger partial charge < -0.3 is 15.5 Å². The van der Waals surface area contributed by atoms with Crippen LogP contribution in [0.2, 0.25) is 0 Å². The highest BCUT2D eigenvalue weighted by molar-refractivity contribution is 5.79. The van der Waals surface area contributed by atoms with Crippen LogP contribution < -0.4 is 10.6 Å². The molecule has 0 radical (unpaired) electrons. The summed E-state index contributed by atoms with van der Waals surface area (Å²) >= 11 is 0. The summed E-state index contributed by atoms with van der Waals surface area (Å²) in [6.45, 7) is 2.40. The van der Waals surface area contributed by atoms with Crippen LogP contribution in [0.1, 0.15) is 16.8 Å². The number of nitrogens with one attached hydrogen (secondary N) is 2. The van der Waals surface area contributed by atoms with Gasteiger partial charge in [0.15, 0.2) is 5.96 Å². The van der Waals surface area contributed by atoms with Crippen molar-refractivity contribution >= 4 is 5.96 Å². The summed E-state index contributed by atoms with van der Waals surface area (Å²) in [6, 6.07) is 10.6. The van der Waals surface area contributed by atoms with Gasteiger partial charge in [-0.15, -0.1) is 0 Å². The van der Waals surface area contributed by atoms with E-state index in [0.29, 0.717) is 6.54 Å². The molecule has 6 nitrogen and oxygen atoms in total. The summed E-state index contributed by atoms with van der Waals surface area (Å²) < 4.78 is 1.85. The van der Waals surface area contributed by atoms with Crippen LogP contribution in [0.15, 0.2) is 41.5 Å². The van der Waals surface area contributed by atoms with Crippen LogP contribution in [0.3, 0.4) is 0 Å². The molecule has 2 aromatic rings. The van der Waals surface area contributed by atoms with E-state index in [1.165, 1.54) is 11.1 Å². The maximum atomic E-state index is 4.25. The molecule has 0 unspecified atom stereocenters. The highest BCUT2D eigenvalue weighted by Crippen LogP contribution is 2.06. The Morgan fingerprint density at radius 3 is 2.30 bits per heavy atom. The fourth-order valence-electron chi connectivity index (χ4n) is 2.28. The third-order valence-electron chi connectivity index (χ3n) is 3.56. The first-order valence-electron chi connectivity index (χ1n) is 7.72. The van der Waals surface area contributed by atoms with Crippen molar-refractivity contribution in [2.45, 2.75) is 19.6 Å². The molecule has 0 saturated heterocycles. The lowest BCUT2D eigenvalue weighted by Gasteiger charge is -2.13. The minimum atomic E-state index is 0.692. The third-order valence-corrected chi connectivity index (χ3v) is 3.56. The predicted molar refractivity (Wildman–Crippen MR) is 94.1 cm³/mol. The predicted octanol–water partition coefficient (Wildman–Crippen LogP) is 1.35. The lowest BCUT2D eigenvalue weighted by Crippen LogP contribution is -2.36. The van der Waals surface area contributed by atoms with E-state index in [9.17, 15) is 0 Å². The van der Waals surface area contributed by atoms with Gasteiger partial charge in [-0.25, -0.2) is 0 Å². The largest absolute Gasteiger partial charge is 0.352 e. The molecule has 0 amide bonds. The van der Waals surface area contributed by atoms with E-state index in [0.717, 1.165) is 24.7 Å². The Morgan fingerprint density at radius 2 is 1.74 bits per heavy atom. The molecule has 23 heavy (non-hydrogen) atoms. The van der Waals surface area contributed by atoms with E-state index in [1.807, 2.05) is 17.8 Å². The first-order valence-corrected chi connectivity index (χ1v) is 7.72. The molecule has 1 aromatic carbocycles. The second kappa shape index (κ2) is 8.33. The number of hydrogen-bond acceptors (Lipinski definition) is 3. The second-order valence-corrected chi connectivity index (χ2v) is 5.78. The fourth-order valence-corrected chi connectivity index (χ4v) is 2.28. The quantitative estimate of drug-likeness (QED) is 0.624. The van der Waals surface area contributed by atoms with E-state index in [-0.39, 0.29) is 0 Å². The molecule has 0 spiro atoms. The van der Waals surface area contributed by atoms with Gasteiger partial charge in [-0.2, -0.15) is 5.10 Å². The van der Waals surface area contributed by atoms with Gasteiger partial charge in [-0.1, -0.05) is 24.3 Å². The molecule has 1 heterocycles. The summed E-state index contributed by atoms with van der Waals surface area (Å²) in [5.41, 5.74) is 3.66. The van der Waals surface area contributed by atoms with Crippen molar-refractivity contribution in [2.75, 3.05) is 21.1 Å². The first kappa shape index (κ1) is 17.0. The van der Waals surface area contributed by atoms with E-state index < -0.39 is 0 Å². The number of nitrogens with zero attached hydrogens (tertiary/aromatic N) is 4. The number of guanidine groups is 1. The van der Waals surface area contributed by atoms with Crippen molar-refractivity contribution in [3.8, 4) is 0 Å². The van der Waals surface area contributed by atoms with E-state index in [2.05, 4.69) is 64.0 Å². The summed E-state index contributed by atoms with van der Waals surface area (Å²) in [6.07, 6.45) is 1.79. The summed E-state index contributed by atoms with van der Waals surface area (Å²) in [4.78, 5) is 6.41. The van der Waals surface area contributed by atoms with Crippen LogP contribution in [-0.4, -0.2) is 41.8 Å². The van der Waals surface area contributed by atoms with Gasteiger partial charge in [0.2, 0.25) is 0 Å². The Bertz CT molecular complexity index is 627. The minimum absolute atomic E-state index is 0.692. The monoisotopic (exact) mass is 314 g/mol. The van der Waals surface area contributed by atoms with Crippen molar-refractivity contribution in [2.24, 2.45) is 12.0 Å². The number of aliphatic imine (C=N–C) groups is 1. The SMILES string of the molecule is CN=C(NCc1ccc(CN(C)C)cc1)NCc1ccnn1C. The van der Waals surface area contributed by atoms with Crippen molar-refractivity contribution in [1.82, 2.24) is 25.3 Å². The van der Waals surface area contributed by atoms with Gasteiger partial charge in [-0.05, 0) is 31.3 Å². The van der Waals surface area contributed by atoms with Gasteiger partial charge in [0.25, 0.3) is 0 Å². The highest BCUT2D eigenvalue weighted by atomic mass is 15.3. The molecule has 6 heteroatoms. The number of rotatable bonds is 6. The maximum Gasteiger partial charge on any atom is 0.191 e. The molecular formula is C17H26N6. The molecule has 2 rings (SSSR count).